The third-order valence-corrected chi connectivity index (χ3v) is 2.46. The van der Waals surface area contributed by atoms with Crippen molar-refractivity contribution in [2.24, 2.45) is 0 Å². The Hall–Kier alpha value is -0.440. The highest BCUT2D eigenvalue weighted by Gasteiger charge is 2.15. The fraction of sp³-hybridized carbons (Fsp3) is 0.571. The first-order valence-corrected chi connectivity index (χ1v) is 4.34. The molecular weight excluding hydrogens is 148 g/mol. The van der Waals surface area contributed by atoms with E-state index in [4.69, 9.17) is 4.74 Å². The Bertz CT molecular complexity index is 184. The van der Waals surface area contributed by atoms with Gasteiger partial charge in [0.1, 0.15) is 6.61 Å². The van der Waals surface area contributed by atoms with Crippen LogP contribution in [0.5, 0.6) is 0 Å². The van der Waals surface area contributed by atoms with Crippen LogP contribution in [0.1, 0.15) is 13.3 Å². The second kappa shape index (κ2) is 3.10. The molecule has 0 fully saturated rings. The molecule has 0 amide bonds. The summed E-state index contributed by atoms with van der Waals surface area (Å²) in [7, 11) is 0. The summed E-state index contributed by atoms with van der Waals surface area (Å²) >= 11 is 1.64. The van der Waals surface area contributed by atoms with Crippen LogP contribution in [0.4, 0.5) is 0 Å². The lowest BCUT2D eigenvalue weighted by Crippen LogP contribution is -2.13. The summed E-state index contributed by atoms with van der Waals surface area (Å²) < 4.78 is 4.81. The molecule has 10 heavy (non-hydrogen) atoms. The molecule has 0 N–H and O–H groups in total. The van der Waals surface area contributed by atoms with Crippen molar-refractivity contribution in [2.75, 3.05) is 12.9 Å². The molecule has 0 aromatic heterocycles. The van der Waals surface area contributed by atoms with Crippen molar-refractivity contribution in [2.45, 2.75) is 13.3 Å². The lowest BCUT2D eigenvalue weighted by molar-refractivity contribution is -0.142. The summed E-state index contributed by atoms with van der Waals surface area (Å²) in [6.07, 6.45) is 2.45. The fourth-order valence-electron chi connectivity index (χ4n) is 0.849. The molecule has 1 rings (SSSR count). The van der Waals surface area contributed by atoms with Gasteiger partial charge in [-0.1, -0.05) is 0 Å². The van der Waals surface area contributed by atoms with Crippen LogP contribution in [0.25, 0.3) is 0 Å². The Labute approximate surface area is 64.6 Å². The Kier molecular flexibility index (Phi) is 2.38. The molecule has 0 saturated heterocycles. The molecule has 0 radical (unpaired) electrons. The van der Waals surface area contributed by atoms with Crippen LogP contribution < -0.4 is 0 Å². The van der Waals surface area contributed by atoms with Gasteiger partial charge < -0.3 is 4.74 Å². The van der Waals surface area contributed by atoms with Crippen LogP contribution in [-0.2, 0) is 9.53 Å². The number of hydrogen-bond acceptors (Lipinski definition) is 3. The van der Waals surface area contributed by atoms with E-state index in [0.717, 1.165) is 4.91 Å². The molecule has 0 aromatic rings. The zero-order chi connectivity index (χ0) is 7.56. The summed E-state index contributed by atoms with van der Waals surface area (Å²) in [4.78, 5) is 11.9. The zero-order valence-electron chi connectivity index (χ0n) is 6.14. The SMILES string of the molecule is CSC1=C(C)COC(=O)C1. The molecule has 0 unspecified atom stereocenters. The van der Waals surface area contributed by atoms with Crippen molar-refractivity contribution in [3.8, 4) is 0 Å². The van der Waals surface area contributed by atoms with Gasteiger partial charge in [0.25, 0.3) is 0 Å². The molecule has 1 heterocycles. The average Bonchev–Trinajstić information content (AvgIpc) is 1.94. The number of ether oxygens (including phenoxy) is 1. The normalized spacial score (nSPS) is 19.2. The molecular formula is C7H10O2S. The number of thioether (sulfide) groups is 1. The van der Waals surface area contributed by atoms with Gasteiger partial charge in [-0.3, -0.25) is 4.79 Å². The predicted octanol–water partition coefficient (Wildman–Crippen LogP) is 1.57. The minimum absolute atomic E-state index is 0.102. The summed E-state index contributed by atoms with van der Waals surface area (Å²) in [6, 6.07) is 0. The highest BCUT2D eigenvalue weighted by atomic mass is 32.2. The van der Waals surface area contributed by atoms with Gasteiger partial charge in [-0.15, -0.1) is 11.8 Å². The van der Waals surface area contributed by atoms with Crippen molar-refractivity contribution in [3.05, 3.63) is 10.5 Å². The first-order chi connectivity index (χ1) is 4.74. The molecule has 1 aliphatic rings. The summed E-state index contributed by atoms with van der Waals surface area (Å²) in [5, 5.41) is 0. The number of carbonyl (C=O) groups excluding carboxylic acids is 1. The molecule has 0 aliphatic carbocycles. The first kappa shape index (κ1) is 7.66. The van der Waals surface area contributed by atoms with Crippen LogP contribution >= 0.6 is 11.8 Å². The summed E-state index contributed by atoms with van der Waals surface area (Å²) in [5.74, 6) is -0.102. The van der Waals surface area contributed by atoms with Gasteiger partial charge in [-0.05, 0) is 23.7 Å². The average molecular weight is 158 g/mol. The maximum atomic E-state index is 10.7. The van der Waals surface area contributed by atoms with E-state index in [2.05, 4.69) is 0 Å². The number of esters is 1. The van der Waals surface area contributed by atoms with Gasteiger partial charge in [0.2, 0.25) is 0 Å². The van der Waals surface area contributed by atoms with Crippen molar-refractivity contribution >= 4 is 17.7 Å². The first-order valence-electron chi connectivity index (χ1n) is 3.12. The Morgan fingerprint density at radius 2 is 2.30 bits per heavy atom. The highest BCUT2D eigenvalue weighted by molar-refractivity contribution is 8.02. The summed E-state index contributed by atoms with van der Waals surface area (Å²) in [5.41, 5.74) is 1.19. The van der Waals surface area contributed by atoms with E-state index >= 15 is 0 Å². The molecule has 1 aliphatic heterocycles. The minimum Gasteiger partial charge on any atom is -0.461 e. The van der Waals surface area contributed by atoms with E-state index in [1.165, 1.54) is 5.57 Å². The van der Waals surface area contributed by atoms with Crippen LogP contribution in [-0.4, -0.2) is 18.8 Å². The second-order valence-corrected chi connectivity index (χ2v) is 3.15. The number of carbonyl (C=O) groups is 1. The van der Waals surface area contributed by atoms with Crippen molar-refractivity contribution in [1.29, 1.82) is 0 Å². The number of rotatable bonds is 1. The minimum atomic E-state index is -0.102. The third-order valence-electron chi connectivity index (χ3n) is 1.48. The van der Waals surface area contributed by atoms with E-state index in [0.29, 0.717) is 13.0 Å². The lowest BCUT2D eigenvalue weighted by atomic mass is 10.2. The van der Waals surface area contributed by atoms with Crippen LogP contribution in [0.2, 0.25) is 0 Å². The molecule has 3 heteroatoms. The number of hydrogen-bond donors (Lipinski definition) is 0. The van der Waals surface area contributed by atoms with Gasteiger partial charge in [0.15, 0.2) is 0 Å². The quantitative estimate of drug-likeness (QED) is 0.542. The van der Waals surface area contributed by atoms with Crippen LogP contribution in [0, 0.1) is 0 Å². The topological polar surface area (TPSA) is 26.3 Å². The largest absolute Gasteiger partial charge is 0.461 e. The van der Waals surface area contributed by atoms with E-state index in [1.807, 2.05) is 13.2 Å². The monoisotopic (exact) mass is 158 g/mol. The molecule has 0 saturated carbocycles. The Morgan fingerprint density at radius 3 is 2.80 bits per heavy atom. The van der Waals surface area contributed by atoms with E-state index in [9.17, 15) is 4.79 Å². The maximum absolute atomic E-state index is 10.7. The van der Waals surface area contributed by atoms with E-state index in [1.54, 1.807) is 11.8 Å². The smallest absolute Gasteiger partial charge is 0.311 e. The molecule has 0 aromatic carbocycles. The van der Waals surface area contributed by atoms with Crippen LogP contribution in [0.15, 0.2) is 10.5 Å². The van der Waals surface area contributed by atoms with E-state index < -0.39 is 0 Å². The van der Waals surface area contributed by atoms with Gasteiger partial charge in [-0.25, -0.2) is 0 Å². The maximum Gasteiger partial charge on any atom is 0.311 e. The molecule has 0 spiro atoms. The summed E-state index contributed by atoms with van der Waals surface area (Å²) in [6.45, 7) is 2.48. The molecule has 0 bridgehead atoms. The third kappa shape index (κ3) is 1.53. The Morgan fingerprint density at radius 1 is 1.60 bits per heavy atom. The van der Waals surface area contributed by atoms with Crippen molar-refractivity contribution < 1.29 is 9.53 Å². The Balaban J connectivity index is 2.72. The fourth-order valence-corrected chi connectivity index (χ4v) is 1.52. The molecule has 2 nitrogen and oxygen atoms in total. The van der Waals surface area contributed by atoms with Crippen molar-refractivity contribution in [1.82, 2.24) is 0 Å². The lowest BCUT2D eigenvalue weighted by Gasteiger charge is -2.15. The van der Waals surface area contributed by atoms with Crippen LogP contribution in [0.3, 0.4) is 0 Å². The van der Waals surface area contributed by atoms with E-state index in [-0.39, 0.29) is 5.97 Å². The highest BCUT2D eigenvalue weighted by Crippen LogP contribution is 2.24. The zero-order valence-corrected chi connectivity index (χ0v) is 6.96. The predicted molar refractivity (Wildman–Crippen MR) is 41.8 cm³/mol. The molecule has 0 atom stereocenters. The standard InChI is InChI=1S/C7H10O2S/c1-5-4-9-7(8)3-6(5)10-2/h3-4H2,1-2H3. The second-order valence-electron chi connectivity index (χ2n) is 2.25. The van der Waals surface area contributed by atoms with Crippen molar-refractivity contribution in [3.63, 3.8) is 0 Å². The number of cyclic esters (lactones) is 1. The van der Waals surface area contributed by atoms with Gasteiger partial charge >= 0.3 is 5.97 Å². The van der Waals surface area contributed by atoms with Gasteiger partial charge in [-0.2, -0.15) is 0 Å². The van der Waals surface area contributed by atoms with Gasteiger partial charge in [0, 0.05) is 0 Å². The molecule has 56 valence electrons. The van der Waals surface area contributed by atoms with Gasteiger partial charge in [0.05, 0.1) is 6.42 Å².